The summed E-state index contributed by atoms with van der Waals surface area (Å²) < 4.78 is 0.306. The molecular formula is C19H12ClN3OS. The van der Waals surface area contributed by atoms with Crippen LogP contribution in [0.3, 0.4) is 0 Å². The van der Waals surface area contributed by atoms with Gasteiger partial charge >= 0.3 is 0 Å². The van der Waals surface area contributed by atoms with Crippen LogP contribution in [0.4, 0.5) is 0 Å². The van der Waals surface area contributed by atoms with Crippen LogP contribution in [-0.2, 0) is 0 Å². The second-order valence-corrected chi connectivity index (χ2v) is 6.27. The van der Waals surface area contributed by atoms with Crippen LogP contribution >= 0.6 is 23.8 Å². The Kier molecular flexibility index (Phi) is 3.95. The largest absolute Gasteiger partial charge is 0.507 e. The molecule has 4 rings (SSSR count). The highest BCUT2D eigenvalue weighted by Gasteiger charge is 2.12. The number of hydrogen-bond donors (Lipinski definition) is 2. The van der Waals surface area contributed by atoms with Crippen molar-refractivity contribution >= 4 is 34.7 Å². The van der Waals surface area contributed by atoms with Gasteiger partial charge in [-0.25, -0.2) is 9.97 Å². The summed E-state index contributed by atoms with van der Waals surface area (Å²) in [6.07, 6.45) is 0. The highest BCUT2D eigenvalue weighted by molar-refractivity contribution is 7.71. The third-order valence-corrected chi connectivity index (χ3v) is 4.37. The molecule has 6 heteroatoms. The van der Waals surface area contributed by atoms with Crippen molar-refractivity contribution in [1.29, 1.82) is 0 Å². The molecule has 0 aliphatic heterocycles. The third-order valence-electron chi connectivity index (χ3n) is 3.89. The van der Waals surface area contributed by atoms with E-state index < -0.39 is 0 Å². The van der Waals surface area contributed by atoms with E-state index >= 15 is 0 Å². The number of nitrogens with zero attached hydrogens (tertiary/aromatic N) is 2. The number of hydrogen-bond acceptors (Lipinski definition) is 4. The molecule has 4 aromatic rings. The van der Waals surface area contributed by atoms with Gasteiger partial charge in [-0.3, -0.25) is 0 Å². The van der Waals surface area contributed by atoms with Gasteiger partial charge in [-0.1, -0.05) is 41.9 Å². The topological polar surface area (TPSA) is 61.8 Å². The second-order valence-electron chi connectivity index (χ2n) is 5.52. The Hall–Kier alpha value is -2.76. The van der Waals surface area contributed by atoms with E-state index in [0.717, 1.165) is 10.9 Å². The maximum absolute atomic E-state index is 10.1. The zero-order valence-electron chi connectivity index (χ0n) is 12.9. The first-order valence-electron chi connectivity index (χ1n) is 7.57. The minimum Gasteiger partial charge on any atom is -0.507 e. The Morgan fingerprint density at radius 1 is 0.920 bits per heavy atom. The molecule has 0 spiro atoms. The number of aromatic amines is 1. The van der Waals surface area contributed by atoms with Crippen molar-refractivity contribution in [3.05, 3.63) is 70.6 Å². The molecule has 0 fully saturated rings. The number of aromatic nitrogens is 3. The van der Waals surface area contributed by atoms with Gasteiger partial charge in [-0.2, -0.15) is 0 Å². The van der Waals surface area contributed by atoms with Gasteiger partial charge in [0, 0.05) is 16.5 Å². The van der Waals surface area contributed by atoms with Crippen LogP contribution in [0.2, 0.25) is 5.15 Å². The number of rotatable bonds is 2. The normalized spacial score (nSPS) is 10.9. The summed E-state index contributed by atoms with van der Waals surface area (Å²) >= 11 is 11.6. The molecule has 0 aliphatic rings. The smallest absolute Gasteiger partial charge is 0.197 e. The van der Waals surface area contributed by atoms with Crippen molar-refractivity contribution in [2.75, 3.05) is 0 Å². The minimum absolute atomic E-state index is 0.160. The Balaban J connectivity index is 1.94. The summed E-state index contributed by atoms with van der Waals surface area (Å²) in [6.45, 7) is 0. The maximum Gasteiger partial charge on any atom is 0.197 e. The van der Waals surface area contributed by atoms with E-state index in [-0.39, 0.29) is 5.75 Å². The predicted octanol–water partition coefficient (Wildman–Crippen LogP) is 5.38. The van der Waals surface area contributed by atoms with Crippen LogP contribution in [0.5, 0.6) is 5.75 Å². The number of H-pyrrole nitrogens is 1. The quantitative estimate of drug-likeness (QED) is 0.370. The molecule has 4 nitrogen and oxygen atoms in total. The molecule has 0 saturated heterocycles. The maximum atomic E-state index is 10.1. The molecule has 2 N–H and O–H groups in total. The molecule has 0 amide bonds. The van der Waals surface area contributed by atoms with E-state index in [9.17, 15) is 5.11 Å². The number of phenolic OH excluding ortho intramolecular Hbond substituents is 1. The second kappa shape index (κ2) is 6.27. The number of para-hydroxylation sites is 2. The average molecular weight is 366 g/mol. The number of aromatic hydroxyl groups is 1. The first-order chi connectivity index (χ1) is 12.1. The van der Waals surface area contributed by atoms with Crippen LogP contribution in [0.1, 0.15) is 0 Å². The minimum atomic E-state index is 0.160. The molecule has 2 aromatic heterocycles. The fourth-order valence-corrected chi connectivity index (χ4v) is 3.16. The molecule has 2 heterocycles. The van der Waals surface area contributed by atoms with Crippen LogP contribution in [-0.4, -0.2) is 20.1 Å². The number of fused-ring (bicyclic) bond motifs is 1. The SMILES string of the molecule is Oc1ccccc1-c1cc(-c2cc3ccccc3nc2Cl)nc(=S)[nH]1. The zero-order chi connectivity index (χ0) is 17.4. The van der Waals surface area contributed by atoms with E-state index in [1.807, 2.05) is 42.5 Å². The molecule has 0 unspecified atom stereocenters. The van der Waals surface area contributed by atoms with Gasteiger partial charge in [0.25, 0.3) is 0 Å². The lowest BCUT2D eigenvalue weighted by Gasteiger charge is -2.09. The monoisotopic (exact) mass is 365 g/mol. The van der Waals surface area contributed by atoms with Gasteiger partial charge in [0.2, 0.25) is 0 Å². The first kappa shape index (κ1) is 15.7. The number of nitrogens with one attached hydrogen (secondary N) is 1. The summed E-state index contributed by atoms with van der Waals surface area (Å²) in [7, 11) is 0. The van der Waals surface area contributed by atoms with Crippen LogP contribution in [0.25, 0.3) is 33.4 Å². The predicted molar refractivity (Wildman–Crippen MR) is 102 cm³/mol. The zero-order valence-corrected chi connectivity index (χ0v) is 14.5. The van der Waals surface area contributed by atoms with Gasteiger partial charge in [0.05, 0.1) is 16.9 Å². The van der Waals surface area contributed by atoms with Crippen molar-refractivity contribution < 1.29 is 5.11 Å². The van der Waals surface area contributed by atoms with Gasteiger partial charge in [0.15, 0.2) is 4.77 Å². The molecule has 0 saturated carbocycles. The van der Waals surface area contributed by atoms with Gasteiger partial charge < -0.3 is 10.1 Å². The van der Waals surface area contributed by atoms with Crippen molar-refractivity contribution in [3.8, 4) is 28.3 Å². The van der Waals surface area contributed by atoms with E-state index in [1.165, 1.54) is 0 Å². The van der Waals surface area contributed by atoms with E-state index in [1.54, 1.807) is 18.2 Å². The molecule has 2 aromatic carbocycles. The lowest BCUT2D eigenvalue weighted by molar-refractivity contribution is 0.477. The average Bonchev–Trinajstić information content (AvgIpc) is 2.61. The van der Waals surface area contributed by atoms with E-state index in [4.69, 9.17) is 23.8 Å². The Labute approximate surface area is 153 Å². The van der Waals surface area contributed by atoms with Crippen LogP contribution < -0.4 is 0 Å². The fraction of sp³-hybridized carbons (Fsp3) is 0. The van der Waals surface area contributed by atoms with Crippen LogP contribution in [0, 0.1) is 4.77 Å². The Bertz CT molecular complexity index is 1160. The van der Waals surface area contributed by atoms with Gasteiger partial charge in [-0.15, -0.1) is 0 Å². The van der Waals surface area contributed by atoms with E-state index in [2.05, 4.69) is 15.0 Å². The summed E-state index contributed by atoms with van der Waals surface area (Å²) in [4.78, 5) is 11.8. The molecule has 0 bridgehead atoms. The number of benzene rings is 2. The molecule has 25 heavy (non-hydrogen) atoms. The summed E-state index contributed by atoms with van der Waals surface area (Å²) in [5.74, 6) is 0.160. The third kappa shape index (κ3) is 2.99. The molecular weight excluding hydrogens is 354 g/mol. The summed E-state index contributed by atoms with van der Waals surface area (Å²) in [5.41, 5.74) is 3.42. The molecule has 0 radical (unpaired) electrons. The van der Waals surface area contributed by atoms with Crippen molar-refractivity contribution in [2.45, 2.75) is 0 Å². The van der Waals surface area contributed by atoms with Crippen molar-refractivity contribution in [1.82, 2.24) is 15.0 Å². The molecule has 0 atom stereocenters. The van der Waals surface area contributed by atoms with Crippen molar-refractivity contribution in [2.24, 2.45) is 0 Å². The van der Waals surface area contributed by atoms with Gasteiger partial charge in [-0.05, 0) is 42.5 Å². The molecule has 0 aliphatic carbocycles. The summed E-state index contributed by atoms with van der Waals surface area (Å²) in [6, 6.07) is 18.5. The van der Waals surface area contributed by atoms with Gasteiger partial charge in [0.1, 0.15) is 10.9 Å². The summed E-state index contributed by atoms with van der Waals surface area (Å²) in [5, 5.41) is 11.4. The lowest BCUT2D eigenvalue weighted by Crippen LogP contribution is -1.94. The first-order valence-corrected chi connectivity index (χ1v) is 8.36. The fourth-order valence-electron chi connectivity index (χ4n) is 2.71. The van der Waals surface area contributed by atoms with Crippen molar-refractivity contribution in [3.63, 3.8) is 0 Å². The Morgan fingerprint density at radius 2 is 1.68 bits per heavy atom. The number of pyridine rings is 1. The number of halogens is 1. The standard InChI is InChI=1S/C19H12ClN3OS/c20-18-13(9-11-5-1-3-7-14(11)21-18)16-10-15(22-19(25)23-16)12-6-2-4-8-17(12)24/h1-10,24H,(H,22,23,25). The number of phenols is 1. The highest BCUT2D eigenvalue weighted by Crippen LogP contribution is 2.32. The lowest BCUT2D eigenvalue weighted by atomic mass is 10.1. The molecule has 122 valence electrons. The van der Waals surface area contributed by atoms with E-state index in [0.29, 0.717) is 32.4 Å². The highest BCUT2D eigenvalue weighted by atomic mass is 35.5. The van der Waals surface area contributed by atoms with Crippen LogP contribution in [0.15, 0.2) is 60.7 Å². The Morgan fingerprint density at radius 3 is 2.52 bits per heavy atom.